The topological polar surface area (TPSA) is 55.9 Å². The molecule has 0 spiro atoms. The molecule has 1 unspecified atom stereocenters. The van der Waals surface area contributed by atoms with Crippen molar-refractivity contribution in [3.63, 3.8) is 0 Å². The summed E-state index contributed by atoms with van der Waals surface area (Å²) in [5.74, 6) is 0. The van der Waals surface area contributed by atoms with E-state index in [1.165, 1.54) is 0 Å². The van der Waals surface area contributed by atoms with Gasteiger partial charge in [-0.1, -0.05) is 18.5 Å². The Kier molecular flexibility index (Phi) is 4.50. The van der Waals surface area contributed by atoms with Crippen molar-refractivity contribution in [3.05, 3.63) is 33.9 Å². The van der Waals surface area contributed by atoms with E-state index in [1.54, 1.807) is 4.68 Å². The lowest BCUT2D eigenvalue weighted by Gasteiger charge is -2.12. The summed E-state index contributed by atoms with van der Waals surface area (Å²) in [5, 5.41) is 19.8. The van der Waals surface area contributed by atoms with Crippen molar-refractivity contribution in [1.82, 2.24) is 19.6 Å². The van der Waals surface area contributed by atoms with Gasteiger partial charge in [-0.25, -0.2) is 0 Å². The number of hydrogen-bond acceptors (Lipinski definition) is 3. The minimum atomic E-state index is -0.633. The summed E-state index contributed by atoms with van der Waals surface area (Å²) >= 11 is 6.28. The maximum Gasteiger partial charge on any atom is 0.101 e. The van der Waals surface area contributed by atoms with E-state index < -0.39 is 6.10 Å². The molecule has 2 rings (SSSR count). The smallest absolute Gasteiger partial charge is 0.101 e. The van der Waals surface area contributed by atoms with Gasteiger partial charge in [-0.05, 0) is 26.3 Å². The lowest BCUT2D eigenvalue weighted by molar-refractivity contribution is 0.165. The minimum Gasteiger partial charge on any atom is -0.386 e. The molecule has 1 atom stereocenters. The summed E-state index contributed by atoms with van der Waals surface area (Å²) < 4.78 is 3.58. The third kappa shape index (κ3) is 2.74. The zero-order chi connectivity index (χ0) is 14.9. The van der Waals surface area contributed by atoms with Gasteiger partial charge in [0.05, 0.1) is 27.8 Å². The van der Waals surface area contributed by atoms with E-state index in [1.807, 2.05) is 38.6 Å². The van der Waals surface area contributed by atoms with Crippen molar-refractivity contribution < 1.29 is 5.11 Å². The van der Waals surface area contributed by atoms with Crippen molar-refractivity contribution >= 4 is 11.6 Å². The highest BCUT2D eigenvalue weighted by Crippen LogP contribution is 2.26. The van der Waals surface area contributed by atoms with Crippen LogP contribution in [0.1, 0.15) is 42.7 Å². The third-order valence-electron chi connectivity index (χ3n) is 3.51. The van der Waals surface area contributed by atoms with Gasteiger partial charge in [-0.3, -0.25) is 9.36 Å². The van der Waals surface area contributed by atoms with Gasteiger partial charge >= 0.3 is 0 Å². The first kappa shape index (κ1) is 15.1. The van der Waals surface area contributed by atoms with Gasteiger partial charge in [0.15, 0.2) is 0 Å². The molecule has 0 radical (unpaired) electrons. The Bertz CT molecular complexity index is 603. The van der Waals surface area contributed by atoms with Crippen LogP contribution in [0.3, 0.4) is 0 Å². The molecule has 0 fully saturated rings. The average Bonchev–Trinajstić information content (AvgIpc) is 2.93. The number of aliphatic hydroxyl groups excluding tert-OH is 1. The standard InChI is InChI=1S/C14H21ClN4O/c1-5-10-7-11(18(4)17-10)13(20)8-12-14(15)9(3)16-19(12)6-2/h7,13,20H,5-6,8H2,1-4H3. The maximum absolute atomic E-state index is 10.5. The number of aliphatic hydroxyl groups is 1. The van der Waals surface area contributed by atoms with Gasteiger partial charge in [-0.15, -0.1) is 0 Å². The molecule has 2 aromatic heterocycles. The Morgan fingerprint density at radius 3 is 2.60 bits per heavy atom. The van der Waals surface area contributed by atoms with Crippen molar-refractivity contribution in [1.29, 1.82) is 0 Å². The molecule has 0 saturated carbocycles. The molecule has 20 heavy (non-hydrogen) atoms. The van der Waals surface area contributed by atoms with Crippen molar-refractivity contribution in [3.8, 4) is 0 Å². The van der Waals surface area contributed by atoms with Crippen LogP contribution in [0, 0.1) is 6.92 Å². The Labute approximate surface area is 124 Å². The van der Waals surface area contributed by atoms with E-state index in [4.69, 9.17) is 11.6 Å². The molecule has 110 valence electrons. The van der Waals surface area contributed by atoms with Crippen LogP contribution in [0.4, 0.5) is 0 Å². The number of rotatable bonds is 5. The predicted molar refractivity (Wildman–Crippen MR) is 78.9 cm³/mol. The molecular weight excluding hydrogens is 276 g/mol. The summed E-state index contributed by atoms with van der Waals surface area (Å²) in [6.45, 7) is 6.67. The minimum absolute atomic E-state index is 0.441. The summed E-state index contributed by atoms with van der Waals surface area (Å²) in [7, 11) is 1.85. The average molecular weight is 297 g/mol. The van der Waals surface area contributed by atoms with Crippen LogP contribution in [-0.2, 0) is 26.4 Å². The number of halogens is 1. The lowest BCUT2D eigenvalue weighted by atomic mass is 10.1. The number of aryl methyl sites for hydroxylation is 4. The fourth-order valence-corrected chi connectivity index (χ4v) is 2.59. The van der Waals surface area contributed by atoms with Crippen LogP contribution in [0.2, 0.25) is 5.02 Å². The molecular formula is C14H21ClN4O. The van der Waals surface area contributed by atoms with Gasteiger partial charge in [0.1, 0.15) is 6.10 Å². The molecule has 2 heterocycles. The lowest BCUT2D eigenvalue weighted by Crippen LogP contribution is -2.11. The summed E-state index contributed by atoms with van der Waals surface area (Å²) in [4.78, 5) is 0. The van der Waals surface area contributed by atoms with Crippen LogP contribution in [0.15, 0.2) is 6.07 Å². The maximum atomic E-state index is 10.5. The zero-order valence-electron chi connectivity index (χ0n) is 12.4. The van der Waals surface area contributed by atoms with E-state index >= 15 is 0 Å². The molecule has 0 bridgehead atoms. The highest BCUT2D eigenvalue weighted by atomic mass is 35.5. The van der Waals surface area contributed by atoms with Crippen molar-refractivity contribution in [2.45, 2.75) is 46.3 Å². The molecule has 0 aliphatic heterocycles. The second-order valence-electron chi connectivity index (χ2n) is 4.92. The van der Waals surface area contributed by atoms with E-state index in [-0.39, 0.29) is 0 Å². The SMILES string of the molecule is CCc1cc(C(O)Cc2c(Cl)c(C)nn2CC)n(C)n1. The van der Waals surface area contributed by atoms with Gasteiger partial charge < -0.3 is 5.11 Å². The number of aromatic nitrogens is 4. The fraction of sp³-hybridized carbons (Fsp3) is 0.571. The highest BCUT2D eigenvalue weighted by Gasteiger charge is 2.20. The zero-order valence-corrected chi connectivity index (χ0v) is 13.1. The molecule has 0 aliphatic rings. The Morgan fingerprint density at radius 1 is 1.35 bits per heavy atom. The third-order valence-corrected chi connectivity index (χ3v) is 4.00. The first-order valence-corrected chi connectivity index (χ1v) is 7.28. The predicted octanol–water partition coefficient (Wildman–Crippen LogP) is 2.44. The van der Waals surface area contributed by atoms with Gasteiger partial charge in [0, 0.05) is 20.0 Å². The fourth-order valence-electron chi connectivity index (χ4n) is 2.38. The molecule has 0 aromatic carbocycles. The molecule has 5 nitrogen and oxygen atoms in total. The summed E-state index contributed by atoms with van der Waals surface area (Å²) in [6, 6.07) is 1.94. The van der Waals surface area contributed by atoms with Gasteiger partial charge in [-0.2, -0.15) is 10.2 Å². The van der Waals surface area contributed by atoms with Crippen molar-refractivity contribution in [2.24, 2.45) is 7.05 Å². The van der Waals surface area contributed by atoms with Crippen LogP contribution in [0.5, 0.6) is 0 Å². The van der Waals surface area contributed by atoms with Crippen LogP contribution >= 0.6 is 11.6 Å². The quantitative estimate of drug-likeness (QED) is 0.922. The highest BCUT2D eigenvalue weighted by molar-refractivity contribution is 6.31. The normalized spacial score (nSPS) is 12.9. The van der Waals surface area contributed by atoms with E-state index in [9.17, 15) is 5.11 Å². The first-order valence-electron chi connectivity index (χ1n) is 6.90. The first-order chi connectivity index (χ1) is 9.47. The Morgan fingerprint density at radius 2 is 2.05 bits per heavy atom. The molecule has 2 aromatic rings. The van der Waals surface area contributed by atoms with E-state index in [2.05, 4.69) is 10.2 Å². The molecule has 0 aliphatic carbocycles. The second kappa shape index (κ2) is 5.97. The molecule has 1 N–H and O–H groups in total. The monoisotopic (exact) mass is 296 g/mol. The molecule has 0 amide bonds. The van der Waals surface area contributed by atoms with E-state index in [0.29, 0.717) is 11.4 Å². The summed E-state index contributed by atoms with van der Waals surface area (Å²) in [6.07, 6.45) is 0.662. The largest absolute Gasteiger partial charge is 0.386 e. The van der Waals surface area contributed by atoms with Crippen LogP contribution in [-0.4, -0.2) is 24.7 Å². The Hall–Kier alpha value is -1.33. The van der Waals surface area contributed by atoms with Crippen molar-refractivity contribution in [2.75, 3.05) is 0 Å². The Balaban J connectivity index is 2.27. The van der Waals surface area contributed by atoms with Crippen LogP contribution in [0.25, 0.3) is 0 Å². The molecule has 6 heteroatoms. The van der Waals surface area contributed by atoms with Crippen LogP contribution < -0.4 is 0 Å². The van der Waals surface area contributed by atoms with Gasteiger partial charge in [0.25, 0.3) is 0 Å². The van der Waals surface area contributed by atoms with Gasteiger partial charge in [0.2, 0.25) is 0 Å². The number of nitrogens with zero attached hydrogens (tertiary/aromatic N) is 4. The molecule has 0 saturated heterocycles. The summed E-state index contributed by atoms with van der Waals surface area (Å²) in [5.41, 5.74) is 3.46. The number of hydrogen-bond donors (Lipinski definition) is 1. The van der Waals surface area contributed by atoms with E-state index in [0.717, 1.165) is 35.7 Å². The second-order valence-corrected chi connectivity index (χ2v) is 5.30.